The van der Waals surface area contributed by atoms with Crippen molar-refractivity contribution in [2.75, 3.05) is 0 Å². The molecule has 0 N–H and O–H groups in total. The highest BCUT2D eigenvalue weighted by Gasteiger charge is 2.10. The number of fused-ring (bicyclic) bond motifs is 1. The van der Waals surface area contributed by atoms with E-state index >= 15 is 0 Å². The van der Waals surface area contributed by atoms with Crippen molar-refractivity contribution in [1.29, 1.82) is 0 Å². The van der Waals surface area contributed by atoms with Crippen LogP contribution in [0.4, 0.5) is 8.78 Å². The quantitative estimate of drug-likeness (QED) is 0.659. The average molecular weight is 245 g/mol. The lowest BCUT2D eigenvalue weighted by Gasteiger charge is -2.03. The lowest BCUT2D eigenvalue weighted by atomic mass is 10.1. The van der Waals surface area contributed by atoms with Crippen LogP contribution >= 0.6 is 0 Å². The molecule has 0 atom stereocenters. The van der Waals surface area contributed by atoms with Crippen LogP contribution in [-0.4, -0.2) is 14.6 Å². The van der Waals surface area contributed by atoms with Gasteiger partial charge in [-0.3, -0.25) is 0 Å². The Hall–Kier alpha value is -2.30. The number of nitrogens with zero attached hydrogens (tertiary/aromatic N) is 3. The molecule has 0 aliphatic rings. The molecule has 0 saturated heterocycles. The van der Waals surface area contributed by atoms with Crippen molar-refractivity contribution in [2.45, 2.75) is 6.92 Å². The van der Waals surface area contributed by atoms with Gasteiger partial charge in [0.1, 0.15) is 5.82 Å². The summed E-state index contributed by atoms with van der Waals surface area (Å²) in [5.74, 6) is -1.10. The zero-order chi connectivity index (χ0) is 12.7. The molecule has 5 heteroatoms. The van der Waals surface area contributed by atoms with Gasteiger partial charge in [-0.25, -0.2) is 18.3 Å². The van der Waals surface area contributed by atoms with Crippen molar-refractivity contribution < 1.29 is 8.78 Å². The van der Waals surface area contributed by atoms with Crippen molar-refractivity contribution >= 4 is 5.65 Å². The molecule has 0 unspecified atom stereocenters. The van der Waals surface area contributed by atoms with Crippen LogP contribution in [0.5, 0.6) is 0 Å². The lowest BCUT2D eigenvalue weighted by molar-refractivity contribution is 0.509. The SMILES string of the molecule is Cc1nc2c(-c3ccc(F)c(F)c3)cccn2n1. The zero-order valence-corrected chi connectivity index (χ0v) is 9.56. The van der Waals surface area contributed by atoms with Gasteiger partial charge in [0, 0.05) is 11.8 Å². The van der Waals surface area contributed by atoms with Crippen molar-refractivity contribution in [1.82, 2.24) is 14.6 Å². The Morgan fingerprint density at radius 1 is 1.11 bits per heavy atom. The average Bonchev–Trinajstić information content (AvgIpc) is 2.72. The summed E-state index contributed by atoms with van der Waals surface area (Å²) in [4.78, 5) is 4.28. The summed E-state index contributed by atoms with van der Waals surface area (Å²) in [6.45, 7) is 1.78. The van der Waals surface area contributed by atoms with Gasteiger partial charge in [0.2, 0.25) is 0 Å². The molecule has 0 fully saturated rings. The van der Waals surface area contributed by atoms with Gasteiger partial charge < -0.3 is 0 Å². The summed E-state index contributed by atoms with van der Waals surface area (Å²) in [5, 5.41) is 4.18. The van der Waals surface area contributed by atoms with Gasteiger partial charge in [0.25, 0.3) is 0 Å². The molecule has 2 heterocycles. The minimum atomic E-state index is -0.870. The third-order valence-electron chi connectivity index (χ3n) is 2.70. The van der Waals surface area contributed by atoms with E-state index in [4.69, 9.17) is 0 Å². The van der Waals surface area contributed by atoms with Crippen molar-refractivity contribution in [3.8, 4) is 11.1 Å². The number of aryl methyl sites for hydroxylation is 1. The second-order valence-electron chi connectivity index (χ2n) is 3.98. The van der Waals surface area contributed by atoms with E-state index in [0.29, 0.717) is 17.0 Å². The van der Waals surface area contributed by atoms with Crippen LogP contribution in [-0.2, 0) is 0 Å². The molecule has 0 bridgehead atoms. The van der Waals surface area contributed by atoms with E-state index in [-0.39, 0.29) is 0 Å². The number of hydrogen-bond acceptors (Lipinski definition) is 2. The predicted molar refractivity (Wildman–Crippen MR) is 63.1 cm³/mol. The molecule has 0 spiro atoms. The second kappa shape index (κ2) is 3.87. The first-order valence-electron chi connectivity index (χ1n) is 5.42. The van der Waals surface area contributed by atoms with E-state index in [0.717, 1.165) is 17.7 Å². The summed E-state index contributed by atoms with van der Waals surface area (Å²) in [6.07, 6.45) is 1.76. The molecular weight excluding hydrogens is 236 g/mol. The topological polar surface area (TPSA) is 30.2 Å². The van der Waals surface area contributed by atoms with Gasteiger partial charge in [-0.2, -0.15) is 5.10 Å². The zero-order valence-electron chi connectivity index (χ0n) is 9.56. The fraction of sp³-hybridized carbons (Fsp3) is 0.0769. The van der Waals surface area contributed by atoms with E-state index in [2.05, 4.69) is 10.1 Å². The van der Waals surface area contributed by atoms with E-state index in [1.165, 1.54) is 6.07 Å². The van der Waals surface area contributed by atoms with Gasteiger partial charge in [-0.1, -0.05) is 6.07 Å². The Kier molecular flexibility index (Phi) is 2.33. The Bertz CT molecular complexity index is 734. The molecular formula is C13H9F2N3. The van der Waals surface area contributed by atoms with Crippen molar-refractivity contribution in [3.05, 3.63) is 54.0 Å². The van der Waals surface area contributed by atoms with Crippen LogP contribution in [0, 0.1) is 18.6 Å². The van der Waals surface area contributed by atoms with Crippen LogP contribution in [0.25, 0.3) is 16.8 Å². The summed E-state index contributed by atoms with van der Waals surface area (Å²) in [5.41, 5.74) is 1.92. The van der Waals surface area contributed by atoms with E-state index in [1.54, 1.807) is 29.8 Å². The van der Waals surface area contributed by atoms with E-state index in [1.807, 2.05) is 0 Å². The van der Waals surface area contributed by atoms with Crippen LogP contribution in [0.1, 0.15) is 5.82 Å². The summed E-state index contributed by atoms with van der Waals surface area (Å²) in [6, 6.07) is 7.39. The Morgan fingerprint density at radius 2 is 1.94 bits per heavy atom. The monoisotopic (exact) mass is 245 g/mol. The number of rotatable bonds is 1. The van der Waals surface area contributed by atoms with Gasteiger partial charge >= 0.3 is 0 Å². The summed E-state index contributed by atoms with van der Waals surface area (Å²) in [7, 11) is 0. The van der Waals surface area contributed by atoms with E-state index < -0.39 is 11.6 Å². The first-order valence-corrected chi connectivity index (χ1v) is 5.42. The van der Waals surface area contributed by atoms with Gasteiger partial charge in [0.05, 0.1) is 0 Å². The second-order valence-corrected chi connectivity index (χ2v) is 3.98. The third-order valence-corrected chi connectivity index (χ3v) is 2.70. The third kappa shape index (κ3) is 1.64. The number of aromatic nitrogens is 3. The van der Waals surface area contributed by atoms with Crippen LogP contribution in [0.3, 0.4) is 0 Å². The fourth-order valence-corrected chi connectivity index (χ4v) is 1.90. The number of hydrogen-bond donors (Lipinski definition) is 0. The Labute approximate surface area is 102 Å². The van der Waals surface area contributed by atoms with Crippen molar-refractivity contribution in [2.24, 2.45) is 0 Å². The van der Waals surface area contributed by atoms with Crippen molar-refractivity contribution in [3.63, 3.8) is 0 Å². The summed E-state index contributed by atoms with van der Waals surface area (Å²) < 4.78 is 27.8. The van der Waals surface area contributed by atoms with Gasteiger partial charge in [0.15, 0.2) is 17.3 Å². The van der Waals surface area contributed by atoms with Gasteiger partial charge in [-0.05, 0) is 36.8 Å². The maximum absolute atomic E-state index is 13.3. The molecule has 0 amide bonds. The van der Waals surface area contributed by atoms with E-state index in [9.17, 15) is 8.78 Å². The molecule has 0 radical (unpaired) electrons. The Morgan fingerprint density at radius 3 is 2.72 bits per heavy atom. The number of pyridine rings is 1. The van der Waals surface area contributed by atoms with Crippen LogP contribution < -0.4 is 0 Å². The lowest BCUT2D eigenvalue weighted by Crippen LogP contribution is -1.91. The largest absolute Gasteiger partial charge is 0.220 e. The number of benzene rings is 1. The number of halogens is 2. The van der Waals surface area contributed by atoms with Gasteiger partial charge in [-0.15, -0.1) is 0 Å². The minimum Gasteiger partial charge on any atom is -0.220 e. The van der Waals surface area contributed by atoms with Crippen LogP contribution in [0.2, 0.25) is 0 Å². The highest BCUT2D eigenvalue weighted by atomic mass is 19.2. The smallest absolute Gasteiger partial charge is 0.163 e. The highest BCUT2D eigenvalue weighted by Crippen LogP contribution is 2.24. The highest BCUT2D eigenvalue weighted by molar-refractivity contribution is 5.77. The molecule has 3 nitrogen and oxygen atoms in total. The molecule has 0 aliphatic heterocycles. The molecule has 3 rings (SSSR count). The summed E-state index contributed by atoms with van der Waals surface area (Å²) >= 11 is 0. The van der Waals surface area contributed by atoms with Crippen LogP contribution in [0.15, 0.2) is 36.5 Å². The fourth-order valence-electron chi connectivity index (χ4n) is 1.90. The molecule has 0 aliphatic carbocycles. The Balaban J connectivity index is 2.27. The normalized spacial score (nSPS) is 11.1. The first-order chi connectivity index (χ1) is 8.65. The molecule has 18 heavy (non-hydrogen) atoms. The predicted octanol–water partition coefficient (Wildman–Crippen LogP) is 2.98. The molecule has 2 aromatic heterocycles. The standard InChI is InChI=1S/C13H9F2N3/c1-8-16-13-10(3-2-6-18(13)17-8)9-4-5-11(14)12(15)7-9/h2-7H,1H3. The maximum Gasteiger partial charge on any atom is 0.163 e. The molecule has 90 valence electrons. The first kappa shape index (κ1) is 10.8. The molecule has 1 aromatic carbocycles. The molecule has 3 aromatic rings. The molecule has 0 saturated carbocycles. The maximum atomic E-state index is 13.3. The minimum absolute atomic E-state index is 0.576.